The topological polar surface area (TPSA) is 66.8 Å². The van der Waals surface area contributed by atoms with Crippen LogP contribution in [0.25, 0.3) is 0 Å². The number of unbranched alkanes of at least 4 members (excludes halogenated alkanes) is 11. The van der Waals surface area contributed by atoms with Crippen molar-refractivity contribution in [2.75, 3.05) is 0 Å². The molecule has 0 bridgehead atoms. The van der Waals surface area contributed by atoms with Crippen LogP contribution in [0.15, 0.2) is 0 Å². The third kappa shape index (κ3) is 15.3. The van der Waals surface area contributed by atoms with Gasteiger partial charge in [-0.05, 0) is 37.4 Å². The van der Waals surface area contributed by atoms with Crippen LogP contribution in [0.3, 0.4) is 0 Å². The van der Waals surface area contributed by atoms with Crippen LogP contribution in [0.2, 0.25) is 18.1 Å². The molecule has 0 aliphatic rings. The lowest BCUT2D eigenvalue weighted by Crippen LogP contribution is -2.45. The quantitative estimate of drug-likeness (QED) is 0.126. The van der Waals surface area contributed by atoms with Crippen molar-refractivity contribution in [1.29, 1.82) is 0 Å². The van der Waals surface area contributed by atoms with E-state index >= 15 is 0 Å². The number of hydrogen-bond acceptors (Lipinski definition) is 3. The summed E-state index contributed by atoms with van der Waals surface area (Å²) in [6.45, 7) is 15.6. The molecule has 4 nitrogen and oxygen atoms in total. The molecular formula is C28H58O4Si. The first-order chi connectivity index (χ1) is 15.5. The van der Waals surface area contributed by atoms with Crippen LogP contribution in [-0.4, -0.2) is 36.7 Å². The molecule has 0 aliphatic heterocycles. The molecule has 0 aromatic carbocycles. The van der Waals surface area contributed by atoms with Crippen molar-refractivity contribution < 1.29 is 19.4 Å². The van der Waals surface area contributed by atoms with E-state index < -0.39 is 26.3 Å². The number of aliphatic carboxylic acids is 1. The van der Waals surface area contributed by atoms with E-state index in [1.54, 1.807) is 0 Å². The third-order valence-corrected chi connectivity index (χ3v) is 12.1. The average molecular weight is 487 g/mol. The van der Waals surface area contributed by atoms with E-state index in [9.17, 15) is 15.0 Å². The second-order valence-electron chi connectivity index (χ2n) is 11.7. The standard InChI is InChI=1S/C28H58O4Si/c1-8-10-12-14-15-16-17-18-19-21-24(32-33(6,7)28(3,4)5)23-26(29)25(27(30)31)22-20-13-11-9-2/h24-26,29H,8-23H2,1-7H3,(H,30,31)/t24-,25-,26-/m0/s1. The molecule has 0 saturated heterocycles. The lowest BCUT2D eigenvalue weighted by molar-refractivity contribution is -0.146. The van der Waals surface area contributed by atoms with Crippen LogP contribution in [-0.2, 0) is 9.22 Å². The van der Waals surface area contributed by atoms with Crippen molar-refractivity contribution in [3.05, 3.63) is 0 Å². The summed E-state index contributed by atoms with van der Waals surface area (Å²) in [6.07, 6.45) is 16.7. The average Bonchev–Trinajstić information content (AvgIpc) is 2.70. The lowest BCUT2D eigenvalue weighted by atomic mass is 9.90. The van der Waals surface area contributed by atoms with E-state index in [0.717, 1.165) is 38.5 Å². The van der Waals surface area contributed by atoms with E-state index in [0.29, 0.717) is 12.8 Å². The summed E-state index contributed by atoms with van der Waals surface area (Å²) < 4.78 is 6.70. The number of rotatable bonds is 21. The molecule has 0 saturated carbocycles. The molecule has 0 aliphatic carbocycles. The number of carboxylic acids is 1. The molecule has 33 heavy (non-hydrogen) atoms. The van der Waals surface area contributed by atoms with Gasteiger partial charge in [-0.3, -0.25) is 4.79 Å². The van der Waals surface area contributed by atoms with Crippen LogP contribution in [0.4, 0.5) is 0 Å². The van der Waals surface area contributed by atoms with Crippen LogP contribution in [0, 0.1) is 5.92 Å². The normalized spacial score (nSPS) is 15.4. The van der Waals surface area contributed by atoms with Crippen molar-refractivity contribution in [1.82, 2.24) is 0 Å². The monoisotopic (exact) mass is 486 g/mol. The summed E-state index contributed by atoms with van der Waals surface area (Å²) in [5.41, 5.74) is 0. The second-order valence-corrected chi connectivity index (χ2v) is 16.5. The molecule has 198 valence electrons. The predicted octanol–water partition coefficient (Wildman–Crippen LogP) is 8.72. The Labute approximate surface area is 207 Å². The van der Waals surface area contributed by atoms with Gasteiger partial charge in [-0.2, -0.15) is 0 Å². The van der Waals surface area contributed by atoms with Gasteiger partial charge < -0.3 is 14.6 Å². The first kappa shape index (κ1) is 32.6. The Morgan fingerprint density at radius 1 is 0.788 bits per heavy atom. The maximum absolute atomic E-state index is 11.9. The maximum Gasteiger partial charge on any atom is 0.309 e. The zero-order valence-electron chi connectivity index (χ0n) is 23.3. The summed E-state index contributed by atoms with van der Waals surface area (Å²) in [5, 5.41) is 20.7. The summed E-state index contributed by atoms with van der Waals surface area (Å²) in [7, 11) is -1.99. The fourth-order valence-electron chi connectivity index (χ4n) is 4.21. The van der Waals surface area contributed by atoms with Gasteiger partial charge in [0.1, 0.15) is 0 Å². The predicted molar refractivity (Wildman–Crippen MR) is 144 cm³/mol. The van der Waals surface area contributed by atoms with Gasteiger partial charge in [-0.25, -0.2) is 0 Å². The van der Waals surface area contributed by atoms with E-state index in [4.69, 9.17) is 4.43 Å². The Hall–Kier alpha value is -0.393. The molecule has 3 atom stereocenters. The molecule has 5 heteroatoms. The minimum absolute atomic E-state index is 0.0528. The Bertz CT molecular complexity index is 487. The van der Waals surface area contributed by atoms with Crippen molar-refractivity contribution in [3.63, 3.8) is 0 Å². The van der Waals surface area contributed by atoms with Crippen molar-refractivity contribution in [2.24, 2.45) is 5.92 Å². The van der Waals surface area contributed by atoms with Gasteiger partial charge in [0.2, 0.25) is 0 Å². The van der Waals surface area contributed by atoms with E-state index in [2.05, 4.69) is 47.7 Å². The van der Waals surface area contributed by atoms with Crippen LogP contribution in [0.5, 0.6) is 0 Å². The Balaban J connectivity index is 4.82. The van der Waals surface area contributed by atoms with Crippen molar-refractivity contribution >= 4 is 14.3 Å². The fourth-order valence-corrected chi connectivity index (χ4v) is 5.61. The summed E-state index contributed by atoms with van der Waals surface area (Å²) in [5.74, 6) is -1.55. The summed E-state index contributed by atoms with van der Waals surface area (Å²) in [4.78, 5) is 11.9. The fraction of sp³-hybridized carbons (Fsp3) is 0.964. The van der Waals surface area contributed by atoms with Crippen LogP contribution < -0.4 is 0 Å². The first-order valence-corrected chi connectivity index (χ1v) is 17.0. The SMILES string of the molecule is CCCCCCCCCCC[C@@H](C[C@H](O)[C@H](CCCCCC)C(=O)O)O[Si](C)(C)C(C)(C)C. The first-order valence-electron chi connectivity index (χ1n) is 14.0. The molecule has 0 fully saturated rings. The number of aliphatic hydroxyl groups excluding tert-OH is 1. The lowest BCUT2D eigenvalue weighted by Gasteiger charge is -2.40. The van der Waals surface area contributed by atoms with Crippen molar-refractivity contribution in [3.8, 4) is 0 Å². The highest BCUT2D eigenvalue weighted by Gasteiger charge is 2.40. The molecule has 0 amide bonds. The Kier molecular flexibility index (Phi) is 17.7. The maximum atomic E-state index is 11.9. The molecule has 2 N–H and O–H groups in total. The van der Waals surface area contributed by atoms with Gasteiger partial charge in [0, 0.05) is 6.10 Å². The van der Waals surface area contributed by atoms with Crippen molar-refractivity contribution in [2.45, 2.75) is 168 Å². The smallest absolute Gasteiger partial charge is 0.309 e. The van der Waals surface area contributed by atoms with E-state index in [1.807, 2.05) is 0 Å². The second kappa shape index (κ2) is 18.0. The van der Waals surface area contributed by atoms with Gasteiger partial charge in [0.05, 0.1) is 12.0 Å². The number of aliphatic hydroxyl groups is 1. The Morgan fingerprint density at radius 3 is 1.67 bits per heavy atom. The third-order valence-electron chi connectivity index (χ3n) is 7.55. The minimum atomic E-state index is -1.99. The molecule has 0 heterocycles. The van der Waals surface area contributed by atoms with E-state index in [1.165, 1.54) is 51.4 Å². The van der Waals surface area contributed by atoms with Crippen LogP contribution in [0.1, 0.15) is 137 Å². The highest BCUT2D eigenvalue weighted by atomic mass is 28.4. The largest absolute Gasteiger partial charge is 0.481 e. The number of hydrogen-bond donors (Lipinski definition) is 2. The van der Waals surface area contributed by atoms with Gasteiger partial charge in [-0.1, -0.05) is 118 Å². The molecule has 0 rings (SSSR count). The number of carbonyl (C=O) groups is 1. The summed E-state index contributed by atoms with van der Waals surface area (Å²) in [6, 6.07) is 0. The van der Waals surface area contributed by atoms with Gasteiger partial charge >= 0.3 is 5.97 Å². The summed E-state index contributed by atoms with van der Waals surface area (Å²) >= 11 is 0. The highest BCUT2D eigenvalue weighted by Crippen LogP contribution is 2.38. The van der Waals surface area contributed by atoms with Gasteiger partial charge in [0.15, 0.2) is 8.32 Å². The van der Waals surface area contributed by atoms with Crippen LogP contribution >= 0.6 is 0 Å². The molecule has 0 radical (unpaired) electrons. The Morgan fingerprint density at radius 2 is 1.21 bits per heavy atom. The zero-order valence-corrected chi connectivity index (χ0v) is 24.3. The van der Waals surface area contributed by atoms with Gasteiger partial charge in [-0.15, -0.1) is 0 Å². The number of carboxylic acid groups (broad SMARTS) is 1. The van der Waals surface area contributed by atoms with E-state index in [-0.39, 0.29) is 11.1 Å². The molecule has 0 spiro atoms. The van der Waals surface area contributed by atoms with Gasteiger partial charge in [0.25, 0.3) is 0 Å². The minimum Gasteiger partial charge on any atom is -0.481 e. The highest BCUT2D eigenvalue weighted by molar-refractivity contribution is 6.74. The molecule has 0 aromatic rings. The molecule has 0 aromatic heterocycles. The molecule has 0 unspecified atom stereocenters. The zero-order chi connectivity index (χ0) is 25.3. The molecular weight excluding hydrogens is 428 g/mol.